The molecular weight excluding hydrogens is 292 g/mol. The summed E-state index contributed by atoms with van der Waals surface area (Å²) in [7, 11) is 0. The average Bonchev–Trinajstić information content (AvgIpc) is 2.49. The van der Waals surface area contributed by atoms with Crippen LogP contribution in [0.15, 0.2) is 48.5 Å². The van der Waals surface area contributed by atoms with Gasteiger partial charge in [0.05, 0.1) is 4.92 Å². The van der Waals surface area contributed by atoms with Crippen molar-refractivity contribution in [1.82, 2.24) is 5.32 Å². The predicted molar refractivity (Wildman–Crippen MR) is 81.8 cm³/mol. The van der Waals surface area contributed by atoms with Crippen molar-refractivity contribution in [2.24, 2.45) is 0 Å². The molecule has 2 rings (SSSR count). The summed E-state index contributed by atoms with van der Waals surface area (Å²) in [5.41, 5.74) is 0.738. The van der Waals surface area contributed by atoms with Crippen molar-refractivity contribution in [2.75, 3.05) is 13.2 Å². The maximum Gasteiger partial charge on any atom is 0.288 e. The van der Waals surface area contributed by atoms with Crippen molar-refractivity contribution in [3.05, 3.63) is 69.2 Å². The van der Waals surface area contributed by atoms with Crippen LogP contribution in [0.4, 0.5) is 5.69 Å². The Labute approximate surface area is 127 Å². The maximum absolute atomic E-state index is 10.8. The number of nitrogens with one attached hydrogen (secondary N) is 1. The Bertz CT molecular complexity index is 605. The molecule has 0 saturated heterocycles. The van der Waals surface area contributed by atoms with Gasteiger partial charge in [-0.15, -0.1) is 0 Å². The molecule has 110 valence electrons. The lowest BCUT2D eigenvalue weighted by atomic mass is 10.2. The standard InChI is InChI=1S/C15H15ClN2O3/c16-14-7-6-12(10-15(14)18(19)20)11-17-8-9-21-13-4-2-1-3-5-13/h1-7,10,17H,8-9,11H2. The fourth-order valence-electron chi connectivity index (χ4n) is 1.80. The first-order valence-corrected chi connectivity index (χ1v) is 6.86. The van der Waals surface area contributed by atoms with E-state index in [1.807, 2.05) is 30.3 Å². The number of hydrogen-bond acceptors (Lipinski definition) is 4. The van der Waals surface area contributed by atoms with Crippen molar-refractivity contribution >= 4 is 17.3 Å². The molecule has 0 heterocycles. The van der Waals surface area contributed by atoms with Crippen LogP contribution in [0.1, 0.15) is 5.56 Å². The molecule has 21 heavy (non-hydrogen) atoms. The monoisotopic (exact) mass is 306 g/mol. The van der Waals surface area contributed by atoms with E-state index in [4.69, 9.17) is 16.3 Å². The Morgan fingerprint density at radius 2 is 1.95 bits per heavy atom. The van der Waals surface area contributed by atoms with E-state index < -0.39 is 4.92 Å². The molecule has 0 amide bonds. The summed E-state index contributed by atoms with van der Waals surface area (Å²) < 4.78 is 5.53. The van der Waals surface area contributed by atoms with Gasteiger partial charge in [0.25, 0.3) is 5.69 Å². The van der Waals surface area contributed by atoms with Crippen LogP contribution in [0.2, 0.25) is 5.02 Å². The average molecular weight is 307 g/mol. The lowest BCUT2D eigenvalue weighted by Gasteiger charge is -2.07. The van der Waals surface area contributed by atoms with Gasteiger partial charge in [0.15, 0.2) is 0 Å². The Kier molecular flexibility index (Phi) is 5.54. The van der Waals surface area contributed by atoms with Crippen LogP contribution in [0.3, 0.4) is 0 Å². The van der Waals surface area contributed by atoms with E-state index in [9.17, 15) is 10.1 Å². The second kappa shape index (κ2) is 7.61. The molecule has 0 unspecified atom stereocenters. The highest BCUT2D eigenvalue weighted by Crippen LogP contribution is 2.24. The van der Waals surface area contributed by atoms with E-state index in [0.717, 1.165) is 11.3 Å². The van der Waals surface area contributed by atoms with Gasteiger partial charge in [0.1, 0.15) is 17.4 Å². The summed E-state index contributed by atoms with van der Waals surface area (Å²) >= 11 is 5.76. The van der Waals surface area contributed by atoms with Gasteiger partial charge in [-0.2, -0.15) is 0 Å². The largest absolute Gasteiger partial charge is 0.492 e. The summed E-state index contributed by atoms with van der Waals surface area (Å²) in [6, 6.07) is 14.3. The fourth-order valence-corrected chi connectivity index (χ4v) is 1.99. The molecule has 0 aliphatic rings. The Morgan fingerprint density at radius 1 is 1.19 bits per heavy atom. The van der Waals surface area contributed by atoms with E-state index >= 15 is 0 Å². The second-order valence-corrected chi connectivity index (χ2v) is 4.79. The number of halogens is 1. The van der Waals surface area contributed by atoms with Crippen LogP contribution >= 0.6 is 11.6 Å². The molecule has 1 N–H and O–H groups in total. The molecule has 2 aromatic carbocycles. The molecule has 0 aromatic heterocycles. The molecule has 0 aliphatic heterocycles. The molecule has 0 saturated carbocycles. The molecule has 0 bridgehead atoms. The first kappa shape index (κ1) is 15.3. The normalized spacial score (nSPS) is 10.3. The summed E-state index contributed by atoms with van der Waals surface area (Å²) in [4.78, 5) is 10.3. The van der Waals surface area contributed by atoms with Gasteiger partial charge in [0, 0.05) is 19.2 Å². The van der Waals surface area contributed by atoms with E-state index in [0.29, 0.717) is 19.7 Å². The Balaban J connectivity index is 1.76. The highest BCUT2D eigenvalue weighted by Gasteiger charge is 2.12. The molecular formula is C15H15ClN2O3. The first-order valence-electron chi connectivity index (χ1n) is 6.48. The van der Waals surface area contributed by atoms with Gasteiger partial charge in [-0.05, 0) is 23.8 Å². The quantitative estimate of drug-likeness (QED) is 0.483. The SMILES string of the molecule is O=[N+]([O-])c1cc(CNCCOc2ccccc2)ccc1Cl. The molecule has 0 radical (unpaired) electrons. The van der Waals surface area contributed by atoms with E-state index in [1.165, 1.54) is 12.1 Å². The van der Waals surface area contributed by atoms with Crippen LogP contribution in [0, 0.1) is 10.1 Å². The summed E-state index contributed by atoms with van der Waals surface area (Å²) in [6.45, 7) is 1.70. The number of nitro benzene ring substituents is 1. The summed E-state index contributed by atoms with van der Waals surface area (Å²) in [5.74, 6) is 0.821. The van der Waals surface area contributed by atoms with Crippen molar-refractivity contribution < 1.29 is 9.66 Å². The van der Waals surface area contributed by atoms with Gasteiger partial charge in [-0.3, -0.25) is 10.1 Å². The van der Waals surface area contributed by atoms with Gasteiger partial charge in [-0.1, -0.05) is 35.9 Å². The minimum Gasteiger partial charge on any atom is -0.492 e. The zero-order valence-electron chi connectivity index (χ0n) is 11.3. The third-order valence-corrected chi connectivity index (χ3v) is 3.15. The van der Waals surface area contributed by atoms with Crippen LogP contribution in [-0.4, -0.2) is 18.1 Å². The number of para-hydroxylation sites is 1. The van der Waals surface area contributed by atoms with E-state index in [1.54, 1.807) is 6.07 Å². The molecule has 5 nitrogen and oxygen atoms in total. The predicted octanol–water partition coefficient (Wildman–Crippen LogP) is 3.42. The van der Waals surface area contributed by atoms with Crippen molar-refractivity contribution in [1.29, 1.82) is 0 Å². The Morgan fingerprint density at radius 3 is 2.67 bits per heavy atom. The summed E-state index contributed by atoms with van der Waals surface area (Å²) in [5, 5.41) is 14.1. The zero-order valence-corrected chi connectivity index (χ0v) is 12.0. The van der Waals surface area contributed by atoms with Gasteiger partial charge in [0.2, 0.25) is 0 Å². The number of ether oxygens (including phenoxy) is 1. The van der Waals surface area contributed by atoms with Crippen molar-refractivity contribution in [3.63, 3.8) is 0 Å². The summed E-state index contributed by atoms with van der Waals surface area (Å²) in [6.07, 6.45) is 0. The third-order valence-electron chi connectivity index (χ3n) is 2.83. The molecule has 0 atom stereocenters. The number of nitro groups is 1. The maximum atomic E-state index is 10.8. The fraction of sp³-hybridized carbons (Fsp3) is 0.200. The number of rotatable bonds is 7. The van der Waals surface area contributed by atoms with E-state index in [-0.39, 0.29) is 10.7 Å². The molecule has 0 aliphatic carbocycles. The van der Waals surface area contributed by atoms with Gasteiger partial charge >= 0.3 is 0 Å². The van der Waals surface area contributed by atoms with Crippen molar-refractivity contribution in [2.45, 2.75) is 6.54 Å². The Hall–Kier alpha value is -2.11. The third kappa shape index (κ3) is 4.73. The van der Waals surface area contributed by atoms with Gasteiger partial charge in [-0.25, -0.2) is 0 Å². The van der Waals surface area contributed by atoms with Crippen LogP contribution in [0.25, 0.3) is 0 Å². The molecule has 0 fully saturated rings. The smallest absolute Gasteiger partial charge is 0.288 e. The topological polar surface area (TPSA) is 64.4 Å². The van der Waals surface area contributed by atoms with Crippen LogP contribution < -0.4 is 10.1 Å². The number of nitrogens with zero attached hydrogens (tertiary/aromatic N) is 1. The minimum atomic E-state index is -0.482. The molecule has 6 heteroatoms. The zero-order chi connectivity index (χ0) is 15.1. The molecule has 2 aromatic rings. The van der Waals surface area contributed by atoms with Crippen LogP contribution in [0.5, 0.6) is 5.75 Å². The molecule has 0 spiro atoms. The lowest BCUT2D eigenvalue weighted by Crippen LogP contribution is -2.20. The number of hydrogen-bond donors (Lipinski definition) is 1. The minimum absolute atomic E-state index is 0.0727. The highest BCUT2D eigenvalue weighted by molar-refractivity contribution is 6.32. The number of benzene rings is 2. The van der Waals surface area contributed by atoms with E-state index in [2.05, 4.69) is 5.32 Å². The van der Waals surface area contributed by atoms with Crippen molar-refractivity contribution in [3.8, 4) is 5.75 Å². The van der Waals surface area contributed by atoms with Gasteiger partial charge < -0.3 is 10.1 Å². The second-order valence-electron chi connectivity index (χ2n) is 4.38. The lowest BCUT2D eigenvalue weighted by molar-refractivity contribution is -0.384. The van der Waals surface area contributed by atoms with Crippen LogP contribution in [-0.2, 0) is 6.54 Å². The first-order chi connectivity index (χ1) is 10.2. The highest BCUT2D eigenvalue weighted by atomic mass is 35.5.